The molecule has 1 aromatic rings. The van der Waals surface area contributed by atoms with Gasteiger partial charge in [-0.2, -0.15) is 0 Å². The highest BCUT2D eigenvalue weighted by atomic mass is 16.5. The third-order valence-corrected chi connectivity index (χ3v) is 4.15. The highest BCUT2D eigenvalue weighted by molar-refractivity contribution is 5.47. The first kappa shape index (κ1) is 16.1. The molecule has 4 heteroatoms. The average Bonchev–Trinajstić information content (AvgIpc) is 2.49. The number of rotatable bonds is 6. The Labute approximate surface area is 128 Å². The second kappa shape index (κ2) is 7.66. The highest BCUT2D eigenvalue weighted by Crippen LogP contribution is 2.35. The van der Waals surface area contributed by atoms with Crippen LogP contribution in [0.5, 0.6) is 11.5 Å². The summed E-state index contributed by atoms with van der Waals surface area (Å²) in [6, 6.07) is 6.28. The quantitative estimate of drug-likeness (QED) is 0.874. The highest BCUT2D eigenvalue weighted by Gasteiger charge is 2.22. The first-order valence-electron chi connectivity index (χ1n) is 7.91. The SMILES string of the molecule is CCNC(C)c1c(OC)cccc1OC1CCN(C)CC1. The Kier molecular flexibility index (Phi) is 5.88. The molecular formula is C17H28N2O2. The number of methoxy groups -OCH3 is 1. The molecule has 1 heterocycles. The molecule has 1 aliphatic rings. The zero-order chi connectivity index (χ0) is 15.2. The van der Waals surface area contributed by atoms with Crippen LogP contribution in [0.15, 0.2) is 18.2 Å². The molecule has 1 atom stereocenters. The molecular weight excluding hydrogens is 264 g/mol. The number of likely N-dealkylation sites (tertiary alicyclic amines) is 1. The van der Waals surface area contributed by atoms with Gasteiger partial charge >= 0.3 is 0 Å². The molecule has 1 aromatic carbocycles. The van der Waals surface area contributed by atoms with E-state index in [0.29, 0.717) is 6.10 Å². The summed E-state index contributed by atoms with van der Waals surface area (Å²) in [7, 11) is 3.89. The Bertz CT molecular complexity index is 442. The van der Waals surface area contributed by atoms with Crippen molar-refractivity contribution in [2.75, 3.05) is 33.8 Å². The van der Waals surface area contributed by atoms with Gasteiger partial charge in [0.1, 0.15) is 17.6 Å². The van der Waals surface area contributed by atoms with E-state index in [4.69, 9.17) is 9.47 Å². The van der Waals surface area contributed by atoms with Gasteiger partial charge in [0.2, 0.25) is 0 Å². The molecule has 2 rings (SSSR count). The van der Waals surface area contributed by atoms with Gasteiger partial charge < -0.3 is 19.7 Å². The second-order valence-electron chi connectivity index (χ2n) is 5.77. The van der Waals surface area contributed by atoms with Gasteiger partial charge in [-0.15, -0.1) is 0 Å². The molecule has 0 aromatic heterocycles. The molecule has 0 spiro atoms. The van der Waals surface area contributed by atoms with Crippen LogP contribution < -0.4 is 14.8 Å². The van der Waals surface area contributed by atoms with E-state index in [2.05, 4.69) is 37.2 Å². The van der Waals surface area contributed by atoms with Crippen molar-refractivity contribution in [1.29, 1.82) is 0 Å². The Balaban J connectivity index is 2.17. The Morgan fingerprint density at radius 2 is 1.95 bits per heavy atom. The summed E-state index contributed by atoms with van der Waals surface area (Å²) >= 11 is 0. The zero-order valence-corrected chi connectivity index (χ0v) is 13.7. The Morgan fingerprint density at radius 3 is 2.57 bits per heavy atom. The fraction of sp³-hybridized carbons (Fsp3) is 0.647. The van der Waals surface area contributed by atoms with E-state index < -0.39 is 0 Å². The normalized spacial score (nSPS) is 18.5. The predicted molar refractivity (Wildman–Crippen MR) is 86.2 cm³/mol. The molecule has 0 bridgehead atoms. The zero-order valence-electron chi connectivity index (χ0n) is 13.7. The van der Waals surface area contributed by atoms with Crippen LogP contribution in [0.4, 0.5) is 0 Å². The van der Waals surface area contributed by atoms with E-state index in [0.717, 1.165) is 49.5 Å². The van der Waals surface area contributed by atoms with Gasteiger partial charge in [0.05, 0.1) is 12.7 Å². The molecule has 4 nitrogen and oxygen atoms in total. The summed E-state index contributed by atoms with van der Waals surface area (Å²) in [4.78, 5) is 2.35. The average molecular weight is 292 g/mol. The third-order valence-electron chi connectivity index (χ3n) is 4.15. The number of hydrogen-bond acceptors (Lipinski definition) is 4. The van der Waals surface area contributed by atoms with Crippen LogP contribution in [0.1, 0.15) is 38.3 Å². The predicted octanol–water partition coefficient (Wildman–Crippen LogP) is 2.84. The number of ether oxygens (including phenoxy) is 2. The fourth-order valence-electron chi connectivity index (χ4n) is 2.92. The molecule has 1 aliphatic heterocycles. The summed E-state index contributed by atoms with van der Waals surface area (Å²) in [5, 5.41) is 3.45. The van der Waals surface area contributed by atoms with E-state index >= 15 is 0 Å². The van der Waals surface area contributed by atoms with Crippen molar-refractivity contribution in [3.63, 3.8) is 0 Å². The summed E-state index contributed by atoms with van der Waals surface area (Å²) in [6.07, 6.45) is 2.48. The summed E-state index contributed by atoms with van der Waals surface area (Å²) in [5.74, 6) is 1.85. The maximum Gasteiger partial charge on any atom is 0.128 e. The maximum absolute atomic E-state index is 6.30. The topological polar surface area (TPSA) is 33.7 Å². The van der Waals surface area contributed by atoms with Gasteiger partial charge in [-0.05, 0) is 45.5 Å². The van der Waals surface area contributed by atoms with Gasteiger partial charge in [0.25, 0.3) is 0 Å². The minimum absolute atomic E-state index is 0.215. The summed E-state index contributed by atoms with van der Waals surface area (Å²) in [6.45, 7) is 7.40. The standard InChI is InChI=1S/C17H28N2O2/c1-5-18-13(2)17-15(20-4)7-6-8-16(17)21-14-9-11-19(3)12-10-14/h6-8,13-14,18H,5,9-12H2,1-4H3. The summed E-state index contributed by atoms with van der Waals surface area (Å²) < 4.78 is 11.8. The van der Waals surface area contributed by atoms with Crippen molar-refractivity contribution in [2.24, 2.45) is 0 Å². The van der Waals surface area contributed by atoms with E-state index in [1.54, 1.807) is 7.11 Å². The molecule has 1 N–H and O–H groups in total. The maximum atomic E-state index is 6.30. The minimum atomic E-state index is 0.215. The smallest absolute Gasteiger partial charge is 0.128 e. The molecule has 118 valence electrons. The Morgan fingerprint density at radius 1 is 1.29 bits per heavy atom. The number of benzene rings is 1. The number of nitrogens with one attached hydrogen (secondary N) is 1. The van der Waals surface area contributed by atoms with Crippen LogP contribution >= 0.6 is 0 Å². The molecule has 1 unspecified atom stereocenters. The molecule has 21 heavy (non-hydrogen) atoms. The lowest BCUT2D eigenvalue weighted by Gasteiger charge is -2.30. The van der Waals surface area contributed by atoms with Gasteiger partial charge in [-0.3, -0.25) is 0 Å². The second-order valence-corrected chi connectivity index (χ2v) is 5.77. The van der Waals surface area contributed by atoms with Gasteiger partial charge in [0.15, 0.2) is 0 Å². The van der Waals surface area contributed by atoms with E-state index in [1.807, 2.05) is 12.1 Å². The fourth-order valence-corrected chi connectivity index (χ4v) is 2.92. The summed E-state index contributed by atoms with van der Waals surface area (Å²) in [5.41, 5.74) is 1.13. The van der Waals surface area contributed by atoms with Crippen molar-refractivity contribution >= 4 is 0 Å². The molecule has 0 saturated carbocycles. The Hall–Kier alpha value is -1.26. The minimum Gasteiger partial charge on any atom is -0.496 e. The van der Waals surface area contributed by atoms with Crippen molar-refractivity contribution < 1.29 is 9.47 Å². The van der Waals surface area contributed by atoms with Gasteiger partial charge in [0, 0.05) is 19.1 Å². The van der Waals surface area contributed by atoms with Crippen molar-refractivity contribution in [3.05, 3.63) is 23.8 Å². The van der Waals surface area contributed by atoms with Crippen molar-refractivity contribution in [2.45, 2.75) is 38.8 Å². The van der Waals surface area contributed by atoms with Crippen LogP contribution in [-0.4, -0.2) is 44.8 Å². The van der Waals surface area contributed by atoms with Crippen LogP contribution in [0, 0.1) is 0 Å². The van der Waals surface area contributed by atoms with Crippen LogP contribution in [0.2, 0.25) is 0 Å². The third kappa shape index (κ3) is 4.11. The van der Waals surface area contributed by atoms with E-state index in [1.165, 1.54) is 0 Å². The van der Waals surface area contributed by atoms with E-state index in [9.17, 15) is 0 Å². The number of hydrogen-bond donors (Lipinski definition) is 1. The van der Waals surface area contributed by atoms with Crippen LogP contribution in [0.3, 0.4) is 0 Å². The lowest BCUT2D eigenvalue weighted by atomic mass is 10.0. The largest absolute Gasteiger partial charge is 0.496 e. The molecule has 0 amide bonds. The molecule has 0 radical (unpaired) electrons. The first-order valence-corrected chi connectivity index (χ1v) is 7.91. The van der Waals surface area contributed by atoms with Crippen LogP contribution in [0.25, 0.3) is 0 Å². The van der Waals surface area contributed by atoms with Crippen molar-refractivity contribution in [3.8, 4) is 11.5 Å². The monoisotopic (exact) mass is 292 g/mol. The molecule has 1 saturated heterocycles. The van der Waals surface area contributed by atoms with Crippen molar-refractivity contribution in [1.82, 2.24) is 10.2 Å². The van der Waals surface area contributed by atoms with Gasteiger partial charge in [-0.25, -0.2) is 0 Å². The lowest BCUT2D eigenvalue weighted by Crippen LogP contribution is -2.36. The molecule has 1 fully saturated rings. The van der Waals surface area contributed by atoms with E-state index in [-0.39, 0.29) is 6.04 Å². The van der Waals surface area contributed by atoms with Gasteiger partial charge in [-0.1, -0.05) is 13.0 Å². The number of nitrogens with zero attached hydrogens (tertiary/aromatic N) is 1. The lowest BCUT2D eigenvalue weighted by molar-refractivity contribution is 0.112. The number of piperidine rings is 1. The molecule has 0 aliphatic carbocycles. The first-order chi connectivity index (χ1) is 10.2. The van der Waals surface area contributed by atoms with Crippen LogP contribution in [-0.2, 0) is 0 Å².